The molecule has 3 aromatic carbocycles. The minimum Gasteiger partial charge on any atom is -0.324 e. The molecule has 0 amide bonds. The molecule has 0 aromatic heterocycles. The number of hydrogen-bond donors (Lipinski definition) is 1. The van der Waals surface area contributed by atoms with Gasteiger partial charge < -0.3 is 10.2 Å². The summed E-state index contributed by atoms with van der Waals surface area (Å²) in [5.41, 5.74) is 6.51. The first-order chi connectivity index (χ1) is 19.5. The minimum atomic E-state index is 0.0775. The smallest absolute Gasteiger partial charge is 0.222 e. The van der Waals surface area contributed by atoms with Crippen LogP contribution in [0, 0.1) is 11.8 Å². The molecule has 0 bridgehead atoms. The molecule has 1 N–H and O–H groups in total. The van der Waals surface area contributed by atoms with E-state index < -0.39 is 0 Å². The van der Waals surface area contributed by atoms with Gasteiger partial charge in [0.25, 0.3) is 0 Å². The van der Waals surface area contributed by atoms with Crippen LogP contribution in [-0.2, 0) is 6.42 Å². The first-order valence-electron chi connectivity index (χ1n) is 15.1. The van der Waals surface area contributed by atoms with Crippen LogP contribution < -0.4 is 5.32 Å². The molecule has 208 valence electrons. The van der Waals surface area contributed by atoms with Gasteiger partial charge in [-0.25, -0.2) is 9.98 Å². The highest BCUT2D eigenvalue weighted by Crippen LogP contribution is 2.47. The molecule has 40 heavy (non-hydrogen) atoms. The van der Waals surface area contributed by atoms with Crippen LogP contribution in [0.5, 0.6) is 0 Å². The third kappa shape index (κ3) is 6.11. The van der Waals surface area contributed by atoms with Crippen molar-refractivity contribution in [3.05, 3.63) is 99.5 Å². The zero-order valence-corrected chi connectivity index (χ0v) is 25.4. The number of nitrogens with zero attached hydrogens (tertiary/aromatic N) is 3. The van der Waals surface area contributed by atoms with Crippen LogP contribution in [0.25, 0.3) is 0 Å². The molecular weight excluding hydrogens is 556 g/mol. The molecule has 6 rings (SSSR count). The van der Waals surface area contributed by atoms with E-state index in [0.29, 0.717) is 23.7 Å². The van der Waals surface area contributed by atoms with Crippen LogP contribution >= 0.6 is 15.9 Å². The molecule has 4 unspecified atom stereocenters. The van der Waals surface area contributed by atoms with Crippen molar-refractivity contribution in [1.29, 1.82) is 0 Å². The Balaban J connectivity index is 1.16. The topological polar surface area (TPSA) is 40.0 Å². The largest absolute Gasteiger partial charge is 0.324 e. The van der Waals surface area contributed by atoms with Gasteiger partial charge in [-0.1, -0.05) is 90.6 Å². The van der Waals surface area contributed by atoms with Gasteiger partial charge in [-0.2, -0.15) is 0 Å². The number of fused-ring (bicyclic) bond motifs is 3. The maximum atomic E-state index is 5.20. The molecule has 1 heterocycles. The fourth-order valence-corrected chi connectivity index (χ4v) is 7.33. The van der Waals surface area contributed by atoms with E-state index >= 15 is 0 Å². The number of halogens is 1. The molecule has 3 aliphatic rings. The third-order valence-electron chi connectivity index (χ3n) is 9.31. The molecule has 3 aromatic rings. The Morgan fingerprint density at radius 3 is 2.38 bits per heavy atom. The van der Waals surface area contributed by atoms with Crippen molar-refractivity contribution in [2.45, 2.75) is 69.9 Å². The molecule has 1 aliphatic heterocycles. The summed E-state index contributed by atoms with van der Waals surface area (Å²) in [6.07, 6.45) is 11.2. The lowest BCUT2D eigenvalue weighted by molar-refractivity contribution is 0.194. The van der Waals surface area contributed by atoms with E-state index in [1.807, 2.05) is 0 Å². The minimum absolute atomic E-state index is 0.0775. The van der Waals surface area contributed by atoms with Gasteiger partial charge in [-0.3, -0.25) is 0 Å². The standard InChI is InChI=1S/C35H41BrN4/c1-24-22-27-23-37-35(38-29-18-12-25(13-19-29)20-21-40(2)30-8-4-3-5-9-30)39-34(27)32-11-7-6-10-31(32)33(24)26-14-16-28(36)17-15-26/h6-7,10-19,23-24,27,30,33-34H,3-5,8-9,20-22H2,1-2H3,(H,38,39). The van der Waals surface area contributed by atoms with Crippen molar-refractivity contribution in [2.24, 2.45) is 21.8 Å². The lowest BCUT2D eigenvalue weighted by Crippen LogP contribution is -2.34. The van der Waals surface area contributed by atoms with Gasteiger partial charge in [0.2, 0.25) is 5.96 Å². The van der Waals surface area contributed by atoms with Crippen molar-refractivity contribution < 1.29 is 0 Å². The predicted molar refractivity (Wildman–Crippen MR) is 172 cm³/mol. The molecule has 2 aliphatic carbocycles. The number of guanidine groups is 1. The molecule has 0 radical (unpaired) electrons. The number of nitrogens with one attached hydrogen (secondary N) is 1. The fourth-order valence-electron chi connectivity index (χ4n) is 7.07. The number of aliphatic imine (C=N–C) groups is 2. The fraction of sp³-hybridized carbons (Fsp3) is 0.429. The van der Waals surface area contributed by atoms with E-state index in [4.69, 9.17) is 9.98 Å². The molecule has 1 fully saturated rings. The first-order valence-corrected chi connectivity index (χ1v) is 15.9. The summed E-state index contributed by atoms with van der Waals surface area (Å²) < 4.78 is 1.12. The Kier molecular flexibility index (Phi) is 8.50. The number of benzene rings is 3. The van der Waals surface area contributed by atoms with Crippen LogP contribution in [-0.4, -0.2) is 36.7 Å². The highest BCUT2D eigenvalue weighted by atomic mass is 79.9. The monoisotopic (exact) mass is 596 g/mol. The Hall–Kier alpha value is -2.76. The van der Waals surface area contributed by atoms with Crippen molar-refractivity contribution in [2.75, 3.05) is 18.9 Å². The molecule has 0 spiro atoms. The summed E-state index contributed by atoms with van der Waals surface area (Å²) in [6.45, 7) is 3.50. The van der Waals surface area contributed by atoms with Crippen molar-refractivity contribution in [3.63, 3.8) is 0 Å². The zero-order chi connectivity index (χ0) is 27.5. The Morgan fingerprint density at radius 1 is 0.900 bits per heavy atom. The summed E-state index contributed by atoms with van der Waals surface area (Å²) in [4.78, 5) is 12.6. The summed E-state index contributed by atoms with van der Waals surface area (Å²) in [5.74, 6) is 1.83. The quantitative estimate of drug-likeness (QED) is 0.309. The molecular formula is C35H41BrN4. The van der Waals surface area contributed by atoms with E-state index in [2.05, 4.69) is 119 Å². The van der Waals surface area contributed by atoms with E-state index in [1.165, 1.54) is 54.4 Å². The number of likely N-dealkylation sites (N-methyl/N-ethyl adjacent to an activating group) is 1. The van der Waals surface area contributed by atoms with Gasteiger partial charge in [0.1, 0.15) is 0 Å². The maximum Gasteiger partial charge on any atom is 0.222 e. The van der Waals surface area contributed by atoms with Gasteiger partial charge in [-0.15, -0.1) is 0 Å². The van der Waals surface area contributed by atoms with Crippen LogP contribution in [0.15, 0.2) is 87.3 Å². The average molecular weight is 598 g/mol. The number of anilines is 1. The van der Waals surface area contributed by atoms with Crippen molar-refractivity contribution in [3.8, 4) is 0 Å². The predicted octanol–water partition coefficient (Wildman–Crippen LogP) is 8.64. The van der Waals surface area contributed by atoms with E-state index in [1.54, 1.807) is 0 Å². The first kappa shape index (κ1) is 27.4. The van der Waals surface area contributed by atoms with E-state index in [0.717, 1.165) is 35.6 Å². The Morgan fingerprint density at radius 2 is 1.62 bits per heavy atom. The van der Waals surface area contributed by atoms with Crippen LogP contribution in [0.1, 0.15) is 79.7 Å². The summed E-state index contributed by atoms with van der Waals surface area (Å²) in [6, 6.07) is 27.4. The number of hydrogen-bond acceptors (Lipinski definition) is 4. The van der Waals surface area contributed by atoms with Crippen molar-refractivity contribution >= 4 is 33.8 Å². The SMILES string of the molecule is CC1CC2C=NC(Nc3ccc(CCN(C)C4CCCCC4)cc3)=NC2c2ccccc2C1c1ccc(Br)cc1. The molecule has 4 atom stereocenters. The van der Waals surface area contributed by atoms with Gasteiger partial charge in [0, 0.05) is 40.8 Å². The van der Waals surface area contributed by atoms with E-state index in [9.17, 15) is 0 Å². The van der Waals surface area contributed by atoms with Gasteiger partial charge in [0.05, 0.1) is 6.04 Å². The third-order valence-corrected chi connectivity index (χ3v) is 9.84. The molecule has 5 heteroatoms. The second-order valence-electron chi connectivity index (χ2n) is 12.1. The summed E-state index contributed by atoms with van der Waals surface area (Å²) in [7, 11) is 2.30. The normalized spacial score (nSPS) is 24.6. The Bertz CT molecular complexity index is 1340. The second kappa shape index (κ2) is 12.4. The second-order valence-corrected chi connectivity index (χ2v) is 13.0. The molecule has 4 nitrogen and oxygen atoms in total. The van der Waals surface area contributed by atoms with Crippen LogP contribution in [0.3, 0.4) is 0 Å². The summed E-state index contributed by atoms with van der Waals surface area (Å²) in [5, 5.41) is 3.51. The molecule has 0 saturated heterocycles. The van der Waals surface area contributed by atoms with Crippen molar-refractivity contribution in [1.82, 2.24) is 4.90 Å². The van der Waals surface area contributed by atoms with Crippen LogP contribution in [0.4, 0.5) is 5.69 Å². The average Bonchev–Trinajstić information content (AvgIpc) is 3.11. The highest BCUT2D eigenvalue weighted by molar-refractivity contribution is 9.10. The number of rotatable bonds is 6. The van der Waals surface area contributed by atoms with Gasteiger partial charge >= 0.3 is 0 Å². The summed E-state index contributed by atoms with van der Waals surface area (Å²) >= 11 is 3.60. The molecule has 1 saturated carbocycles. The van der Waals surface area contributed by atoms with E-state index in [-0.39, 0.29) is 6.04 Å². The maximum absolute atomic E-state index is 5.20. The van der Waals surface area contributed by atoms with Gasteiger partial charge in [0.15, 0.2) is 0 Å². The lowest BCUT2D eigenvalue weighted by Gasteiger charge is -2.31. The zero-order valence-electron chi connectivity index (χ0n) is 23.8. The van der Waals surface area contributed by atoms with Gasteiger partial charge in [-0.05, 0) is 85.2 Å². The lowest BCUT2D eigenvalue weighted by atomic mass is 9.80. The highest BCUT2D eigenvalue weighted by Gasteiger charge is 2.37. The Labute approximate surface area is 248 Å². The van der Waals surface area contributed by atoms with Crippen LogP contribution in [0.2, 0.25) is 0 Å².